The summed E-state index contributed by atoms with van der Waals surface area (Å²) < 4.78 is 15.9. The highest BCUT2D eigenvalue weighted by Gasteiger charge is 2.31. The van der Waals surface area contributed by atoms with Crippen molar-refractivity contribution < 1.29 is 19.0 Å². The number of ether oxygens (including phenoxy) is 3. The van der Waals surface area contributed by atoms with E-state index in [2.05, 4.69) is 5.32 Å². The van der Waals surface area contributed by atoms with Crippen molar-refractivity contribution in [3.8, 4) is 11.5 Å². The van der Waals surface area contributed by atoms with Crippen molar-refractivity contribution in [2.75, 3.05) is 19.5 Å². The van der Waals surface area contributed by atoms with Crippen LogP contribution in [-0.2, 0) is 4.74 Å². The number of carbonyl (C=O) groups is 1. The van der Waals surface area contributed by atoms with Crippen LogP contribution in [-0.4, -0.2) is 20.2 Å². The second kappa shape index (κ2) is 5.77. The normalized spacial score (nSPS) is 16.0. The van der Waals surface area contributed by atoms with Gasteiger partial charge in [0.05, 0.1) is 30.5 Å². The molecule has 1 atom stereocenters. The topological polar surface area (TPSA) is 56.8 Å². The predicted octanol–water partition coefficient (Wildman–Crippen LogP) is 3.64. The summed E-state index contributed by atoms with van der Waals surface area (Å²) in [4.78, 5) is 11.9. The molecule has 0 aromatic heterocycles. The maximum atomic E-state index is 11.9. The molecule has 1 heterocycles. The number of esters is 1. The lowest BCUT2D eigenvalue weighted by Crippen LogP contribution is -2.11. The van der Waals surface area contributed by atoms with Gasteiger partial charge in [0.1, 0.15) is 11.5 Å². The molecule has 2 aromatic carbocycles. The van der Waals surface area contributed by atoms with Gasteiger partial charge in [0.15, 0.2) is 0 Å². The predicted molar refractivity (Wildman–Crippen MR) is 82.8 cm³/mol. The number of benzene rings is 2. The van der Waals surface area contributed by atoms with Gasteiger partial charge in [-0.15, -0.1) is 0 Å². The number of cyclic esters (lactones) is 1. The minimum absolute atomic E-state index is 0.354. The third-order valence-electron chi connectivity index (χ3n) is 3.45. The number of hydrogen-bond donors (Lipinski definition) is 1. The van der Waals surface area contributed by atoms with Gasteiger partial charge in [-0.3, -0.25) is 0 Å². The Hall–Kier alpha value is -2.40. The summed E-state index contributed by atoms with van der Waals surface area (Å²) >= 11 is 6.08. The second-order valence-electron chi connectivity index (χ2n) is 4.70. The molecule has 0 aliphatic carbocycles. The maximum Gasteiger partial charge on any atom is 0.340 e. The minimum atomic E-state index is -0.580. The first-order chi connectivity index (χ1) is 10.6. The van der Waals surface area contributed by atoms with E-state index >= 15 is 0 Å². The molecule has 0 radical (unpaired) electrons. The largest absolute Gasteiger partial charge is 0.495 e. The van der Waals surface area contributed by atoms with E-state index in [1.54, 1.807) is 24.3 Å². The van der Waals surface area contributed by atoms with Crippen LogP contribution < -0.4 is 14.8 Å². The summed E-state index contributed by atoms with van der Waals surface area (Å²) in [6.45, 7) is 0. The zero-order valence-electron chi connectivity index (χ0n) is 12.1. The van der Waals surface area contributed by atoms with E-state index in [1.165, 1.54) is 14.2 Å². The summed E-state index contributed by atoms with van der Waals surface area (Å²) in [6.07, 6.45) is -0.580. The van der Waals surface area contributed by atoms with Crippen molar-refractivity contribution in [2.24, 2.45) is 0 Å². The fraction of sp³-hybridized carbons (Fsp3) is 0.188. The smallest absolute Gasteiger partial charge is 0.340 e. The van der Waals surface area contributed by atoms with Gasteiger partial charge < -0.3 is 19.5 Å². The van der Waals surface area contributed by atoms with Gasteiger partial charge >= 0.3 is 5.97 Å². The Kier molecular flexibility index (Phi) is 3.81. The molecule has 0 saturated carbocycles. The molecule has 2 aromatic rings. The molecular weight excluding hydrogens is 306 g/mol. The molecular formula is C16H14ClNO4. The summed E-state index contributed by atoms with van der Waals surface area (Å²) in [5.41, 5.74) is 1.96. The van der Waals surface area contributed by atoms with Crippen LogP contribution in [0.15, 0.2) is 36.4 Å². The molecule has 3 rings (SSSR count). The number of halogens is 1. The van der Waals surface area contributed by atoms with Crippen LogP contribution in [0.4, 0.5) is 5.69 Å². The Morgan fingerprint density at radius 2 is 1.86 bits per heavy atom. The van der Waals surface area contributed by atoms with Crippen LogP contribution in [0.25, 0.3) is 0 Å². The summed E-state index contributed by atoms with van der Waals surface area (Å²) in [6, 6.07) is 10.6. The van der Waals surface area contributed by atoms with Crippen LogP contribution >= 0.6 is 11.6 Å². The Bertz CT molecular complexity index is 732. The van der Waals surface area contributed by atoms with Crippen LogP contribution in [0.3, 0.4) is 0 Å². The fourth-order valence-corrected chi connectivity index (χ4v) is 2.60. The van der Waals surface area contributed by atoms with Crippen molar-refractivity contribution in [3.63, 3.8) is 0 Å². The Balaban J connectivity index is 1.96. The van der Waals surface area contributed by atoms with Gasteiger partial charge in [-0.1, -0.05) is 29.8 Å². The van der Waals surface area contributed by atoms with Gasteiger partial charge in [-0.25, -0.2) is 4.79 Å². The average molecular weight is 320 g/mol. The van der Waals surface area contributed by atoms with Crippen LogP contribution in [0, 0.1) is 0 Å². The number of hydrogen-bond acceptors (Lipinski definition) is 5. The van der Waals surface area contributed by atoms with E-state index < -0.39 is 6.23 Å². The van der Waals surface area contributed by atoms with Crippen molar-refractivity contribution >= 4 is 23.3 Å². The quantitative estimate of drug-likeness (QED) is 0.872. The number of carbonyl (C=O) groups excluding carboxylic acids is 1. The molecule has 22 heavy (non-hydrogen) atoms. The highest BCUT2D eigenvalue weighted by molar-refractivity contribution is 6.32. The molecule has 0 saturated heterocycles. The third kappa shape index (κ3) is 2.44. The molecule has 114 valence electrons. The summed E-state index contributed by atoms with van der Waals surface area (Å²) in [5, 5.41) is 3.58. The first-order valence-corrected chi connectivity index (χ1v) is 7.00. The van der Waals surface area contributed by atoms with Gasteiger partial charge in [0.25, 0.3) is 0 Å². The lowest BCUT2D eigenvalue weighted by molar-refractivity contribution is 0.0436. The molecule has 1 aliphatic rings. The molecule has 6 heteroatoms. The van der Waals surface area contributed by atoms with E-state index in [-0.39, 0.29) is 5.97 Å². The van der Waals surface area contributed by atoms with E-state index in [4.69, 9.17) is 25.8 Å². The lowest BCUT2D eigenvalue weighted by Gasteiger charge is -2.18. The Morgan fingerprint density at radius 3 is 2.59 bits per heavy atom. The fourth-order valence-electron chi connectivity index (χ4n) is 2.37. The summed E-state index contributed by atoms with van der Waals surface area (Å²) in [7, 11) is 3.07. The SMILES string of the molecule is COc1cc(N[C@H]2OC(=O)c3ccccc32)c(OC)cc1Cl. The van der Waals surface area contributed by atoms with Gasteiger partial charge in [-0.2, -0.15) is 0 Å². The molecule has 0 fully saturated rings. The standard InChI is InChI=1S/C16H14ClNO4/c1-20-13-8-12(14(21-2)7-11(13)17)18-15-9-5-3-4-6-10(9)16(19)22-15/h3-8,15,18H,1-2H3/t15-/m0/s1. The van der Waals surface area contributed by atoms with Crippen molar-refractivity contribution in [1.82, 2.24) is 0 Å². The van der Waals surface area contributed by atoms with Gasteiger partial charge in [-0.05, 0) is 6.07 Å². The van der Waals surface area contributed by atoms with Crippen LogP contribution in [0.5, 0.6) is 11.5 Å². The summed E-state index contributed by atoms with van der Waals surface area (Å²) in [5.74, 6) is 0.682. The molecule has 5 nitrogen and oxygen atoms in total. The third-order valence-corrected chi connectivity index (χ3v) is 3.74. The Labute approximate surface area is 132 Å². The van der Waals surface area contributed by atoms with E-state index in [1.807, 2.05) is 12.1 Å². The molecule has 0 amide bonds. The monoisotopic (exact) mass is 319 g/mol. The second-order valence-corrected chi connectivity index (χ2v) is 5.11. The molecule has 1 N–H and O–H groups in total. The average Bonchev–Trinajstić information content (AvgIpc) is 2.85. The zero-order valence-corrected chi connectivity index (χ0v) is 12.8. The van der Waals surface area contributed by atoms with Crippen molar-refractivity contribution in [3.05, 3.63) is 52.5 Å². The first-order valence-electron chi connectivity index (χ1n) is 6.62. The first kappa shape index (κ1) is 14.5. The van der Waals surface area contributed by atoms with E-state index in [0.717, 1.165) is 5.56 Å². The van der Waals surface area contributed by atoms with Gasteiger partial charge in [0, 0.05) is 17.7 Å². The molecule has 0 bridgehead atoms. The number of rotatable bonds is 4. The van der Waals surface area contributed by atoms with E-state index in [9.17, 15) is 4.79 Å². The molecule has 0 spiro atoms. The van der Waals surface area contributed by atoms with Gasteiger partial charge in [0.2, 0.25) is 6.23 Å². The highest BCUT2D eigenvalue weighted by Crippen LogP contribution is 2.39. The van der Waals surface area contributed by atoms with Crippen molar-refractivity contribution in [1.29, 1.82) is 0 Å². The number of anilines is 1. The van der Waals surface area contributed by atoms with Crippen molar-refractivity contribution in [2.45, 2.75) is 6.23 Å². The van der Waals surface area contributed by atoms with E-state index in [0.29, 0.717) is 27.8 Å². The zero-order chi connectivity index (χ0) is 15.7. The maximum absolute atomic E-state index is 11.9. The highest BCUT2D eigenvalue weighted by atomic mass is 35.5. The number of methoxy groups -OCH3 is 2. The molecule has 0 unspecified atom stereocenters. The Morgan fingerprint density at radius 1 is 1.14 bits per heavy atom. The number of nitrogens with one attached hydrogen (secondary N) is 1. The van der Waals surface area contributed by atoms with Crippen LogP contribution in [0.2, 0.25) is 5.02 Å². The minimum Gasteiger partial charge on any atom is -0.495 e. The molecule has 1 aliphatic heterocycles. The number of fused-ring (bicyclic) bond motifs is 1. The van der Waals surface area contributed by atoms with Crippen LogP contribution in [0.1, 0.15) is 22.1 Å². The lowest BCUT2D eigenvalue weighted by atomic mass is 10.1.